The molecule has 0 aliphatic carbocycles. The fourth-order valence-electron chi connectivity index (χ4n) is 3.99. The zero-order chi connectivity index (χ0) is 20.0. The standard InChI is InChI=1S/C21H23N7O/c1-26(2)19-6-5-18-23-24-20(28(18)25-19)15-8-11-27(12-9-15)21(29)16-4-3-14-7-10-22-17(14)13-16/h3-7,10,13,15,22H,8-9,11-12H2,1-2H3. The molecule has 5 rings (SSSR count). The molecule has 0 atom stereocenters. The molecule has 1 N–H and O–H groups in total. The first-order chi connectivity index (χ1) is 14.1. The zero-order valence-corrected chi connectivity index (χ0v) is 16.5. The summed E-state index contributed by atoms with van der Waals surface area (Å²) in [5.74, 6) is 2.07. The minimum absolute atomic E-state index is 0.0825. The summed E-state index contributed by atoms with van der Waals surface area (Å²) in [6.07, 6.45) is 3.60. The smallest absolute Gasteiger partial charge is 0.253 e. The second kappa shape index (κ2) is 6.88. The highest BCUT2D eigenvalue weighted by molar-refractivity contribution is 5.98. The maximum Gasteiger partial charge on any atom is 0.253 e. The van der Waals surface area contributed by atoms with Gasteiger partial charge in [-0.3, -0.25) is 4.79 Å². The molecule has 8 heteroatoms. The number of hydrogen-bond donors (Lipinski definition) is 1. The molecule has 0 unspecified atom stereocenters. The van der Waals surface area contributed by atoms with Crippen LogP contribution in [0.5, 0.6) is 0 Å². The van der Waals surface area contributed by atoms with E-state index in [9.17, 15) is 4.79 Å². The molecule has 4 aromatic rings. The number of rotatable bonds is 3. The minimum Gasteiger partial charge on any atom is -0.361 e. The van der Waals surface area contributed by atoms with Crippen molar-refractivity contribution < 1.29 is 4.79 Å². The van der Waals surface area contributed by atoms with E-state index in [1.165, 1.54) is 0 Å². The molecule has 0 radical (unpaired) electrons. The molecule has 148 valence electrons. The first kappa shape index (κ1) is 17.7. The van der Waals surface area contributed by atoms with Gasteiger partial charge in [0.25, 0.3) is 5.91 Å². The Morgan fingerprint density at radius 1 is 1.10 bits per heavy atom. The zero-order valence-electron chi connectivity index (χ0n) is 16.5. The maximum absolute atomic E-state index is 13.0. The number of nitrogens with zero attached hydrogens (tertiary/aromatic N) is 6. The molecule has 1 aromatic carbocycles. The van der Waals surface area contributed by atoms with Crippen LogP contribution in [-0.2, 0) is 0 Å². The van der Waals surface area contributed by atoms with Crippen molar-refractivity contribution in [2.75, 3.05) is 32.1 Å². The molecule has 1 aliphatic rings. The summed E-state index contributed by atoms with van der Waals surface area (Å²) in [4.78, 5) is 20.0. The van der Waals surface area contributed by atoms with Gasteiger partial charge in [-0.15, -0.1) is 15.3 Å². The summed E-state index contributed by atoms with van der Waals surface area (Å²) in [5, 5.41) is 14.5. The molecule has 1 aliphatic heterocycles. The van der Waals surface area contributed by atoms with Gasteiger partial charge in [-0.2, -0.15) is 4.52 Å². The molecule has 0 bridgehead atoms. The third-order valence-corrected chi connectivity index (χ3v) is 5.68. The van der Waals surface area contributed by atoms with Gasteiger partial charge < -0.3 is 14.8 Å². The topological polar surface area (TPSA) is 82.4 Å². The normalized spacial score (nSPS) is 15.3. The molecule has 1 fully saturated rings. The van der Waals surface area contributed by atoms with E-state index in [0.717, 1.165) is 46.6 Å². The highest BCUT2D eigenvalue weighted by atomic mass is 16.2. The van der Waals surface area contributed by atoms with Crippen molar-refractivity contribution in [1.29, 1.82) is 0 Å². The Labute approximate surface area is 168 Å². The highest BCUT2D eigenvalue weighted by Crippen LogP contribution is 2.28. The van der Waals surface area contributed by atoms with Gasteiger partial charge >= 0.3 is 0 Å². The number of piperidine rings is 1. The number of benzene rings is 1. The van der Waals surface area contributed by atoms with Gasteiger partial charge in [-0.05, 0) is 48.6 Å². The third-order valence-electron chi connectivity index (χ3n) is 5.68. The Kier molecular flexibility index (Phi) is 4.19. The minimum atomic E-state index is 0.0825. The average molecular weight is 389 g/mol. The second-order valence-electron chi connectivity index (χ2n) is 7.76. The Morgan fingerprint density at radius 2 is 1.93 bits per heavy atom. The van der Waals surface area contributed by atoms with Crippen LogP contribution >= 0.6 is 0 Å². The third kappa shape index (κ3) is 3.10. The second-order valence-corrected chi connectivity index (χ2v) is 7.76. The van der Waals surface area contributed by atoms with E-state index in [2.05, 4.69) is 20.3 Å². The van der Waals surface area contributed by atoms with E-state index in [1.54, 1.807) is 0 Å². The van der Waals surface area contributed by atoms with Crippen molar-refractivity contribution in [2.24, 2.45) is 0 Å². The molecule has 0 saturated carbocycles. The van der Waals surface area contributed by atoms with E-state index in [0.29, 0.717) is 13.1 Å². The van der Waals surface area contributed by atoms with Gasteiger partial charge in [0.1, 0.15) is 5.82 Å². The van der Waals surface area contributed by atoms with Crippen LogP contribution in [0, 0.1) is 0 Å². The molecular weight excluding hydrogens is 366 g/mol. The molecule has 4 heterocycles. The summed E-state index contributed by atoms with van der Waals surface area (Å²) in [5.41, 5.74) is 2.47. The first-order valence-electron chi connectivity index (χ1n) is 9.86. The van der Waals surface area contributed by atoms with Crippen molar-refractivity contribution in [3.05, 3.63) is 54.0 Å². The van der Waals surface area contributed by atoms with Crippen molar-refractivity contribution >= 4 is 28.3 Å². The van der Waals surface area contributed by atoms with Crippen molar-refractivity contribution in [3.63, 3.8) is 0 Å². The summed E-state index contributed by atoms with van der Waals surface area (Å²) in [7, 11) is 3.93. The van der Waals surface area contributed by atoms with Crippen LogP contribution in [0.2, 0.25) is 0 Å². The first-order valence-corrected chi connectivity index (χ1v) is 9.86. The lowest BCUT2D eigenvalue weighted by atomic mass is 9.95. The lowest BCUT2D eigenvalue weighted by molar-refractivity contribution is 0.0711. The number of nitrogens with one attached hydrogen (secondary N) is 1. The summed E-state index contributed by atoms with van der Waals surface area (Å²) in [6, 6.07) is 11.7. The van der Waals surface area contributed by atoms with Crippen molar-refractivity contribution in [2.45, 2.75) is 18.8 Å². The summed E-state index contributed by atoms with van der Waals surface area (Å²) in [6.45, 7) is 1.41. The predicted octanol–water partition coefficient (Wildman–Crippen LogP) is 2.69. The van der Waals surface area contributed by atoms with Crippen molar-refractivity contribution in [3.8, 4) is 0 Å². The van der Waals surface area contributed by atoms with E-state index < -0.39 is 0 Å². The molecule has 0 spiro atoms. The lowest BCUT2D eigenvalue weighted by Gasteiger charge is -2.31. The van der Waals surface area contributed by atoms with Crippen LogP contribution in [0.3, 0.4) is 0 Å². The fraction of sp³-hybridized carbons (Fsp3) is 0.333. The van der Waals surface area contributed by atoms with E-state index >= 15 is 0 Å². The van der Waals surface area contributed by atoms with Gasteiger partial charge in [0.15, 0.2) is 11.5 Å². The Hall–Kier alpha value is -3.42. The van der Waals surface area contributed by atoms with Gasteiger partial charge in [0.2, 0.25) is 0 Å². The number of aromatic nitrogens is 5. The van der Waals surface area contributed by atoms with Gasteiger partial charge in [-0.1, -0.05) is 6.07 Å². The average Bonchev–Trinajstić information content (AvgIpc) is 3.39. The number of amides is 1. The Balaban J connectivity index is 1.33. The maximum atomic E-state index is 13.0. The molecule has 8 nitrogen and oxygen atoms in total. The number of carbonyl (C=O) groups excluding carboxylic acids is 1. The predicted molar refractivity (Wildman–Crippen MR) is 111 cm³/mol. The lowest BCUT2D eigenvalue weighted by Crippen LogP contribution is -2.38. The van der Waals surface area contributed by atoms with Crippen LogP contribution in [0.25, 0.3) is 16.6 Å². The molecule has 3 aromatic heterocycles. The van der Waals surface area contributed by atoms with Crippen LogP contribution in [0.1, 0.15) is 34.9 Å². The number of aromatic amines is 1. The molecular formula is C21H23N7O. The Morgan fingerprint density at radius 3 is 2.72 bits per heavy atom. The quantitative estimate of drug-likeness (QED) is 0.583. The SMILES string of the molecule is CN(C)c1ccc2nnc(C3CCN(C(=O)c4ccc5cc[nH]c5c4)CC3)n2n1. The van der Waals surface area contributed by atoms with Crippen molar-refractivity contribution in [1.82, 2.24) is 29.7 Å². The number of anilines is 1. The fourth-order valence-corrected chi connectivity index (χ4v) is 3.99. The molecule has 1 saturated heterocycles. The van der Waals surface area contributed by atoms with Gasteiger partial charge in [-0.25, -0.2) is 0 Å². The van der Waals surface area contributed by atoms with Crippen LogP contribution < -0.4 is 4.90 Å². The summed E-state index contributed by atoms with van der Waals surface area (Å²) < 4.78 is 1.84. The van der Waals surface area contributed by atoms with Crippen LogP contribution in [-0.4, -0.2) is 62.8 Å². The molecule has 1 amide bonds. The Bertz CT molecular complexity index is 1180. The molecule has 29 heavy (non-hydrogen) atoms. The number of carbonyl (C=O) groups is 1. The largest absolute Gasteiger partial charge is 0.361 e. The monoisotopic (exact) mass is 389 g/mol. The summed E-state index contributed by atoms with van der Waals surface area (Å²) >= 11 is 0. The highest BCUT2D eigenvalue weighted by Gasteiger charge is 2.28. The van der Waals surface area contributed by atoms with E-state index in [1.807, 2.05) is 71.0 Å². The van der Waals surface area contributed by atoms with Crippen LogP contribution in [0.15, 0.2) is 42.6 Å². The number of likely N-dealkylation sites (tertiary alicyclic amines) is 1. The number of H-pyrrole nitrogens is 1. The van der Waals surface area contributed by atoms with E-state index in [4.69, 9.17) is 0 Å². The van der Waals surface area contributed by atoms with Gasteiger partial charge in [0.05, 0.1) is 0 Å². The van der Waals surface area contributed by atoms with E-state index in [-0.39, 0.29) is 11.8 Å². The van der Waals surface area contributed by atoms with Gasteiger partial charge in [0, 0.05) is 50.4 Å². The number of hydrogen-bond acceptors (Lipinski definition) is 5. The number of fused-ring (bicyclic) bond motifs is 2. The van der Waals surface area contributed by atoms with Crippen LogP contribution in [0.4, 0.5) is 5.82 Å².